The molecule has 0 unspecified atom stereocenters. The molecular formula is C15H19N3. The Morgan fingerprint density at radius 2 is 1.89 bits per heavy atom. The van der Waals surface area contributed by atoms with Crippen LogP contribution in [0.5, 0.6) is 0 Å². The second-order valence-electron chi connectivity index (χ2n) is 4.43. The number of aryl methyl sites for hydroxylation is 1. The van der Waals surface area contributed by atoms with Crippen LogP contribution in [-0.4, -0.2) is 4.98 Å². The van der Waals surface area contributed by atoms with Crippen molar-refractivity contribution < 1.29 is 0 Å². The molecule has 1 aromatic carbocycles. The molecule has 0 bridgehead atoms. The summed E-state index contributed by atoms with van der Waals surface area (Å²) in [4.78, 5) is 4.05. The lowest BCUT2D eigenvalue weighted by Crippen LogP contribution is -1.94. The topological polar surface area (TPSA) is 50.9 Å². The third kappa shape index (κ3) is 3.48. The van der Waals surface area contributed by atoms with E-state index in [4.69, 9.17) is 5.73 Å². The van der Waals surface area contributed by atoms with Crippen LogP contribution in [0.15, 0.2) is 42.7 Å². The van der Waals surface area contributed by atoms with Crippen molar-refractivity contribution in [2.45, 2.75) is 26.2 Å². The van der Waals surface area contributed by atoms with Gasteiger partial charge >= 0.3 is 0 Å². The normalized spacial score (nSPS) is 10.3. The molecule has 18 heavy (non-hydrogen) atoms. The summed E-state index contributed by atoms with van der Waals surface area (Å²) < 4.78 is 0. The zero-order chi connectivity index (χ0) is 12.8. The van der Waals surface area contributed by atoms with Crippen LogP contribution in [0.4, 0.5) is 17.1 Å². The van der Waals surface area contributed by atoms with Crippen molar-refractivity contribution in [3.63, 3.8) is 0 Å². The first kappa shape index (κ1) is 12.4. The van der Waals surface area contributed by atoms with E-state index >= 15 is 0 Å². The predicted molar refractivity (Wildman–Crippen MR) is 77.0 cm³/mol. The van der Waals surface area contributed by atoms with Crippen LogP contribution in [0, 0.1) is 0 Å². The van der Waals surface area contributed by atoms with E-state index in [1.165, 1.54) is 18.4 Å². The van der Waals surface area contributed by atoms with Gasteiger partial charge in [-0.1, -0.05) is 25.5 Å². The number of hydrogen-bond donors (Lipinski definition) is 2. The number of pyridine rings is 1. The molecule has 0 aliphatic heterocycles. The molecule has 0 radical (unpaired) electrons. The first-order valence-electron chi connectivity index (χ1n) is 6.34. The monoisotopic (exact) mass is 241 g/mol. The van der Waals surface area contributed by atoms with Crippen LogP contribution in [-0.2, 0) is 6.42 Å². The van der Waals surface area contributed by atoms with Crippen molar-refractivity contribution in [3.05, 3.63) is 48.3 Å². The van der Waals surface area contributed by atoms with E-state index in [1.54, 1.807) is 12.4 Å². The van der Waals surface area contributed by atoms with Gasteiger partial charge in [0.05, 0.1) is 17.6 Å². The van der Waals surface area contributed by atoms with E-state index in [-0.39, 0.29) is 0 Å². The van der Waals surface area contributed by atoms with Gasteiger partial charge in [-0.05, 0) is 36.6 Å². The molecule has 3 N–H and O–H groups in total. The molecule has 0 aliphatic carbocycles. The molecule has 3 heteroatoms. The zero-order valence-corrected chi connectivity index (χ0v) is 10.7. The number of nitrogens with two attached hydrogens (primary N) is 1. The second-order valence-corrected chi connectivity index (χ2v) is 4.43. The van der Waals surface area contributed by atoms with Crippen LogP contribution >= 0.6 is 0 Å². The van der Waals surface area contributed by atoms with Gasteiger partial charge in [-0.15, -0.1) is 0 Å². The van der Waals surface area contributed by atoms with Crippen molar-refractivity contribution in [1.29, 1.82) is 0 Å². The van der Waals surface area contributed by atoms with Crippen molar-refractivity contribution in [3.8, 4) is 0 Å². The SMILES string of the molecule is CCCCc1ccc(Nc2cncc(N)c2)cc1. The summed E-state index contributed by atoms with van der Waals surface area (Å²) in [7, 11) is 0. The number of unbranched alkanes of at least 4 members (excludes halogenated alkanes) is 1. The number of aromatic nitrogens is 1. The molecule has 0 amide bonds. The largest absolute Gasteiger partial charge is 0.397 e. The number of hydrogen-bond acceptors (Lipinski definition) is 3. The highest BCUT2D eigenvalue weighted by molar-refractivity contribution is 5.62. The van der Waals surface area contributed by atoms with Gasteiger partial charge in [0.1, 0.15) is 0 Å². The molecule has 94 valence electrons. The Hall–Kier alpha value is -2.03. The molecule has 2 rings (SSSR count). The van der Waals surface area contributed by atoms with Crippen LogP contribution in [0.2, 0.25) is 0 Å². The fraction of sp³-hybridized carbons (Fsp3) is 0.267. The molecule has 0 saturated carbocycles. The Balaban J connectivity index is 2.02. The van der Waals surface area contributed by atoms with E-state index < -0.39 is 0 Å². The van der Waals surface area contributed by atoms with Gasteiger partial charge in [0, 0.05) is 11.9 Å². The van der Waals surface area contributed by atoms with E-state index in [1.807, 2.05) is 6.07 Å². The molecule has 0 atom stereocenters. The first-order valence-corrected chi connectivity index (χ1v) is 6.34. The smallest absolute Gasteiger partial charge is 0.0591 e. The summed E-state index contributed by atoms with van der Waals surface area (Å²) in [5.41, 5.74) is 9.71. The zero-order valence-electron chi connectivity index (χ0n) is 10.7. The minimum Gasteiger partial charge on any atom is -0.397 e. The number of benzene rings is 1. The summed E-state index contributed by atoms with van der Waals surface area (Å²) in [6.07, 6.45) is 7.03. The third-order valence-corrected chi connectivity index (χ3v) is 2.82. The van der Waals surface area contributed by atoms with Gasteiger partial charge in [-0.2, -0.15) is 0 Å². The molecule has 1 heterocycles. The number of rotatable bonds is 5. The standard InChI is InChI=1S/C15H19N3/c1-2-3-4-12-5-7-14(8-6-12)18-15-9-13(16)10-17-11-15/h5-11,18H,2-4,16H2,1H3. The van der Waals surface area contributed by atoms with Gasteiger partial charge in [0.15, 0.2) is 0 Å². The van der Waals surface area contributed by atoms with Crippen molar-refractivity contribution in [2.24, 2.45) is 0 Å². The minimum absolute atomic E-state index is 0.666. The van der Waals surface area contributed by atoms with Crippen LogP contribution in [0.25, 0.3) is 0 Å². The summed E-state index contributed by atoms with van der Waals surface area (Å²) in [5, 5.41) is 3.29. The number of nitrogens with zero attached hydrogens (tertiary/aromatic N) is 1. The molecule has 1 aromatic heterocycles. The fourth-order valence-electron chi connectivity index (χ4n) is 1.83. The lowest BCUT2D eigenvalue weighted by Gasteiger charge is -2.07. The maximum absolute atomic E-state index is 5.69. The molecule has 2 aromatic rings. The van der Waals surface area contributed by atoms with E-state index in [0.29, 0.717) is 5.69 Å². The minimum atomic E-state index is 0.666. The average molecular weight is 241 g/mol. The Morgan fingerprint density at radius 3 is 2.56 bits per heavy atom. The quantitative estimate of drug-likeness (QED) is 0.838. The number of anilines is 3. The van der Waals surface area contributed by atoms with E-state index in [2.05, 4.69) is 41.5 Å². The summed E-state index contributed by atoms with van der Waals surface area (Å²) >= 11 is 0. The Bertz CT molecular complexity index is 491. The molecule has 0 saturated heterocycles. The van der Waals surface area contributed by atoms with E-state index in [0.717, 1.165) is 17.8 Å². The fourth-order valence-corrected chi connectivity index (χ4v) is 1.83. The Labute approximate surface area is 108 Å². The molecule has 3 nitrogen and oxygen atoms in total. The number of nitrogens with one attached hydrogen (secondary N) is 1. The highest BCUT2D eigenvalue weighted by Gasteiger charge is 1.97. The highest BCUT2D eigenvalue weighted by atomic mass is 14.9. The van der Waals surface area contributed by atoms with Gasteiger partial charge in [-0.3, -0.25) is 4.98 Å². The summed E-state index contributed by atoms with van der Waals surface area (Å²) in [6.45, 7) is 2.21. The van der Waals surface area contributed by atoms with E-state index in [9.17, 15) is 0 Å². The predicted octanol–water partition coefficient (Wildman–Crippen LogP) is 3.75. The first-order chi connectivity index (χ1) is 8.78. The van der Waals surface area contributed by atoms with Gasteiger partial charge in [0.25, 0.3) is 0 Å². The van der Waals surface area contributed by atoms with Gasteiger partial charge in [-0.25, -0.2) is 0 Å². The number of nitrogen functional groups attached to an aromatic ring is 1. The van der Waals surface area contributed by atoms with Gasteiger partial charge < -0.3 is 11.1 Å². The third-order valence-electron chi connectivity index (χ3n) is 2.82. The van der Waals surface area contributed by atoms with Crippen LogP contribution < -0.4 is 11.1 Å². The maximum Gasteiger partial charge on any atom is 0.0591 e. The molecular weight excluding hydrogens is 222 g/mol. The maximum atomic E-state index is 5.69. The van der Waals surface area contributed by atoms with Gasteiger partial charge in [0.2, 0.25) is 0 Å². The summed E-state index contributed by atoms with van der Waals surface area (Å²) in [6, 6.07) is 10.4. The molecule has 0 spiro atoms. The molecule has 0 aliphatic rings. The Morgan fingerprint density at radius 1 is 1.11 bits per heavy atom. The van der Waals surface area contributed by atoms with Crippen LogP contribution in [0.1, 0.15) is 25.3 Å². The van der Waals surface area contributed by atoms with Crippen LogP contribution in [0.3, 0.4) is 0 Å². The van der Waals surface area contributed by atoms with Crippen molar-refractivity contribution in [1.82, 2.24) is 4.98 Å². The van der Waals surface area contributed by atoms with Crippen molar-refractivity contribution >= 4 is 17.1 Å². The lowest BCUT2D eigenvalue weighted by atomic mass is 10.1. The van der Waals surface area contributed by atoms with Crippen molar-refractivity contribution in [2.75, 3.05) is 11.1 Å². The second kappa shape index (κ2) is 6.05. The Kier molecular flexibility index (Phi) is 4.18. The highest BCUT2D eigenvalue weighted by Crippen LogP contribution is 2.18. The average Bonchev–Trinajstić information content (AvgIpc) is 2.38. The summed E-state index contributed by atoms with van der Waals surface area (Å²) in [5.74, 6) is 0. The lowest BCUT2D eigenvalue weighted by molar-refractivity contribution is 0.795. The molecule has 0 fully saturated rings.